The summed E-state index contributed by atoms with van der Waals surface area (Å²) in [4.78, 5) is 0. The normalized spacial score (nSPS) is 12.9. The van der Waals surface area contributed by atoms with Crippen LogP contribution in [0.2, 0.25) is 0 Å². The minimum Gasteiger partial charge on any atom is -0.506 e. The van der Waals surface area contributed by atoms with Gasteiger partial charge in [-0.05, 0) is 56.0 Å². The molecule has 0 unspecified atom stereocenters. The number of rotatable bonds is 2. The molecule has 1 rings (SSSR count). The zero-order valence-electron chi connectivity index (χ0n) is 7.22. The van der Waals surface area contributed by atoms with Crippen molar-refractivity contribution in [2.24, 2.45) is 5.73 Å². The minimum atomic E-state index is 0.0215. The molecule has 0 saturated carbocycles. The van der Waals surface area contributed by atoms with Crippen molar-refractivity contribution < 1.29 is 5.11 Å². The monoisotopic (exact) mass is 307 g/mol. The van der Waals surface area contributed by atoms with E-state index in [0.717, 1.165) is 12.0 Å². The van der Waals surface area contributed by atoms with Crippen LogP contribution >= 0.6 is 31.9 Å². The van der Waals surface area contributed by atoms with Gasteiger partial charge in [-0.3, -0.25) is 0 Å². The number of phenolic OH excluding ortho intramolecular Hbond substituents is 1. The first kappa shape index (κ1) is 11.0. The molecule has 0 aliphatic carbocycles. The van der Waals surface area contributed by atoms with Gasteiger partial charge in [-0.15, -0.1) is 0 Å². The van der Waals surface area contributed by atoms with E-state index in [1.54, 1.807) is 0 Å². The number of halogens is 2. The van der Waals surface area contributed by atoms with Crippen LogP contribution < -0.4 is 5.73 Å². The highest BCUT2D eigenvalue weighted by Crippen LogP contribution is 2.35. The maximum Gasteiger partial charge on any atom is 0.143 e. The van der Waals surface area contributed by atoms with Gasteiger partial charge in [-0.2, -0.15) is 0 Å². The quantitative estimate of drug-likeness (QED) is 0.880. The number of aromatic hydroxyl groups is 1. The van der Waals surface area contributed by atoms with Crippen LogP contribution in [0.1, 0.15) is 24.9 Å². The predicted molar refractivity (Wildman–Crippen MR) is 60.7 cm³/mol. The van der Waals surface area contributed by atoms with Crippen LogP contribution in [0.15, 0.2) is 21.1 Å². The van der Waals surface area contributed by atoms with E-state index in [1.165, 1.54) is 0 Å². The molecule has 0 aromatic heterocycles. The highest BCUT2D eigenvalue weighted by atomic mass is 79.9. The maximum atomic E-state index is 9.45. The summed E-state index contributed by atoms with van der Waals surface area (Å²) in [6.45, 7) is 2.03. The van der Waals surface area contributed by atoms with Gasteiger partial charge in [0.1, 0.15) is 5.75 Å². The SMILES string of the molecule is CC[C@H](N)c1cc(Br)c(O)c(Br)c1. The van der Waals surface area contributed by atoms with Gasteiger partial charge in [0.25, 0.3) is 0 Å². The molecule has 1 aromatic rings. The Kier molecular flexibility index (Phi) is 3.76. The van der Waals surface area contributed by atoms with Crippen LogP contribution in [-0.4, -0.2) is 5.11 Å². The summed E-state index contributed by atoms with van der Waals surface area (Å²) in [5.74, 6) is 0.215. The summed E-state index contributed by atoms with van der Waals surface area (Å²) in [5, 5.41) is 9.45. The second-order valence-electron chi connectivity index (χ2n) is 2.85. The summed E-state index contributed by atoms with van der Waals surface area (Å²) in [6, 6.07) is 3.70. The summed E-state index contributed by atoms with van der Waals surface area (Å²) < 4.78 is 1.33. The van der Waals surface area contributed by atoms with Gasteiger partial charge in [-0.25, -0.2) is 0 Å². The van der Waals surface area contributed by atoms with Crippen molar-refractivity contribution in [3.8, 4) is 5.75 Å². The van der Waals surface area contributed by atoms with E-state index >= 15 is 0 Å². The standard InChI is InChI=1S/C9H11Br2NO/c1-2-8(12)5-3-6(10)9(13)7(11)4-5/h3-4,8,13H,2,12H2,1H3/t8-/m0/s1. The van der Waals surface area contributed by atoms with Gasteiger partial charge in [0.05, 0.1) is 8.95 Å². The third-order valence-electron chi connectivity index (χ3n) is 1.91. The number of hydrogen-bond acceptors (Lipinski definition) is 2. The maximum absolute atomic E-state index is 9.45. The lowest BCUT2D eigenvalue weighted by Gasteiger charge is -2.11. The van der Waals surface area contributed by atoms with Crippen molar-refractivity contribution in [3.63, 3.8) is 0 Å². The first-order valence-corrected chi connectivity index (χ1v) is 5.58. The number of nitrogens with two attached hydrogens (primary N) is 1. The molecule has 0 aliphatic heterocycles. The summed E-state index contributed by atoms with van der Waals surface area (Å²) in [7, 11) is 0. The molecule has 3 N–H and O–H groups in total. The Morgan fingerprint density at radius 3 is 2.23 bits per heavy atom. The molecule has 4 heteroatoms. The third-order valence-corrected chi connectivity index (χ3v) is 3.12. The predicted octanol–water partition coefficient (Wildman–Crippen LogP) is 3.33. The third kappa shape index (κ3) is 2.45. The first-order valence-electron chi connectivity index (χ1n) is 3.99. The van der Waals surface area contributed by atoms with E-state index in [2.05, 4.69) is 31.9 Å². The zero-order chi connectivity index (χ0) is 10.0. The van der Waals surface area contributed by atoms with E-state index in [9.17, 15) is 5.11 Å². The van der Waals surface area contributed by atoms with E-state index in [4.69, 9.17) is 5.73 Å². The van der Waals surface area contributed by atoms with Crippen LogP contribution in [0.4, 0.5) is 0 Å². The Bertz CT molecular complexity index is 291. The van der Waals surface area contributed by atoms with Crippen molar-refractivity contribution >= 4 is 31.9 Å². The number of hydrogen-bond donors (Lipinski definition) is 2. The van der Waals surface area contributed by atoms with Crippen molar-refractivity contribution in [1.82, 2.24) is 0 Å². The Hall–Kier alpha value is -0.0600. The molecule has 1 aromatic carbocycles. The molecule has 0 radical (unpaired) electrons. The molecule has 13 heavy (non-hydrogen) atoms. The molecule has 2 nitrogen and oxygen atoms in total. The first-order chi connectivity index (χ1) is 6.06. The molecule has 0 aliphatic rings. The Morgan fingerprint density at radius 1 is 1.38 bits per heavy atom. The molecule has 0 spiro atoms. The van der Waals surface area contributed by atoms with Gasteiger partial charge >= 0.3 is 0 Å². The lowest BCUT2D eigenvalue weighted by atomic mass is 10.1. The zero-order valence-corrected chi connectivity index (χ0v) is 10.4. The number of phenols is 1. The van der Waals surface area contributed by atoms with E-state index in [0.29, 0.717) is 8.95 Å². The molecule has 0 amide bonds. The van der Waals surface area contributed by atoms with Crippen LogP contribution in [0.3, 0.4) is 0 Å². The molecular formula is C9H11Br2NO. The molecule has 0 saturated heterocycles. The summed E-state index contributed by atoms with van der Waals surface area (Å²) in [5.41, 5.74) is 6.87. The van der Waals surface area contributed by atoms with Crippen molar-refractivity contribution in [2.75, 3.05) is 0 Å². The van der Waals surface area contributed by atoms with Crippen molar-refractivity contribution in [3.05, 3.63) is 26.6 Å². The average molecular weight is 309 g/mol. The van der Waals surface area contributed by atoms with Gasteiger partial charge in [0, 0.05) is 6.04 Å². The average Bonchev–Trinajstić information content (AvgIpc) is 2.12. The highest BCUT2D eigenvalue weighted by molar-refractivity contribution is 9.11. The van der Waals surface area contributed by atoms with Crippen molar-refractivity contribution in [2.45, 2.75) is 19.4 Å². The Morgan fingerprint density at radius 2 is 1.85 bits per heavy atom. The van der Waals surface area contributed by atoms with Gasteiger partial charge < -0.3 is 10.8 Å². The number of benzene rings is 1. The van der Waals surface area contributed by atoms with E-state index in [1.807, 2.05) is 19.1 Å². The largest absolute Gasteiger partial charge is 0.506 e. The molecule has 0 fully saturated rings. The lowest BCUT2D eigenvalue weighted by Crippen LogP contribution is -2.08. The van der Waals surface area contributed by atoms with Crippen molar-refractivity contribution in [1.29, 1.82) is 0 Å². The topological polar surface area (TPSA) is 46.2 Å². The fraction of sp³-hybridized carbons (Fsp3) is 0.333. The Labute approximate surface area is 94.4 Å². The molecular weight excluding hydrogens is 298 g/mol. The molecule has 0 heterocycles. The second-order valence-corrected chi connectivity index (χ2v) is 4.56. The summed E-state index contributed by atoms with van der Waals surface area (Å²) >= 11 is 6.52. The lowest BCUT2D eigenvalue weighted by molar-refractivity contribution is 0.468. The molecule has 0 bridgehead atoms. The highest BCUT2D eigenvalue weighted by Gasteiger charge is 2.09. The smallest absolute Gasteiger partial charge is 0.143 e. The van der Waals surface area contributed by atoms with Gasteiger partial charge in [0.15, 0.2) is 0 Å². The van der Waals surface area contributed by atoms with E-state index in [-0.39, 0.29) is 11.8 Å². The van der Waals surface area contributed by atoms with Gasteiger partial charge in [0.2, 0.25) is 0 Å². The van der Waals surface area contributed by atoms with Gasteiger partial charge in [-0.1, -0.05) is 6.92 Å². The molecule has 72 valence electrons. The van der Waals surface area contributed by atoms with Crippen LogP contribution in [-0.2, 0) is 0 Å². The fourth-order valence-electron chi connectivity index (χ4n) is 1.03. The second kappa shape index (κ2) is 4.44. The van der Waals surface area contributed by atoms with E-state index < -0.39 is 0 Å². The van der Waals surface area contributed by atoms with Crippen LogP contribution in [0, 0.1) is 0 Å². The minimum absolute atomic E-state index is 0.0215. The Balaban J connectivity index is 3.13. The van der Waals surface area contributed by atoms with Crippen LogP contribution in [0.25, 0.3) is 0 Å². The summed E-state index contributed by atoms with van der Waals surface area (Å²) in [6.07, 6.45) is 0.879. The molecule has 1 atom stereocenters. The fourth-order valence-corrected chi connectivity index (χ4v) is 2.26. The van der Waals surface area contributed by atoms with Crippen LogP contribution in [0.5, 0.6) is 5.75 Å².